The Bertz CT molecular complexity index is 540. The Kier molecular flexibility index (Phi) is 3.57. The molecule has 1 saturated heterocycles. The molecular weight excluding hydrogens is 254 g/mol. The molecule has 0 bridgehead atoms. The van der Waals surface area contributed by atoms with Gasteiger partial charge in [0.1, 0.15) is 6.10 Å². The van der Waals surface area contributed by atoms with Crippen LogP contribution in [0.15, 0.2) is 24.3 Å². The summed E-state index contributed by atoms with van der Waals surface area (Å²) >= 11 is 0. The Morgan fingerprint density at radius 1 is 1.30 bits per heavy atom. The number of hydrogen-bond donors (Lipinski definition) is 0. The first-order chi connectivity index (χ1) is 9.66. The summed E-state index contributed by atoms with van der Waals surface area (Å²) in [6.45, 7) is 2.59. The molecule has 20 heavy (non-hydrogen) atoms. The normalized spacial score (nSPS) is 26.2. The molecule has 0 radical (unpaired) electrons. The van der Waals surface area contributed by atoms with Crippen molar-refractivity contribution < 1.29 is 14.3 Å². The third kappa shape index (κ3) is 2.36. The van der Waals surface area contributed by atoms with E-state index in [9.17, 15) is 9.59 Å². The first-order valence-electron chi connectivity index (χ1n) is 7.26. The van der Waals surface area contributed by atoms with Crippen molar-refractivity contribution in [1.29, 1.82) is 0 Å². The molecule has 1 fully saturated rings. The third-order valence-corrected chi connectivity index (χ3v) is 4.05. The highest BCUT2D eigenvalue weighted by atomic mass is 16.5. The molecule has 2 aliphatic rings. The molecule has 2 aliphatic heterocycles. The monoisotopic (exact) mass is 273 g/mol. The molecule has 0 N–H and O–H groups in total. The van der Waals surface area contributed by atoms with E-state index < -0.39 is 0 Å². The van der Waals surface area contributed by atoms with Crippen molar-refractivity contribution in [3.8, 4) is 0 Å². The zero-order valence-corrected chi connectivity index (χ0v) is 11.7. The summed E-state index contributed by atoms with van der Waals surface area (Å²) in [5.74, 6) is 0.119. The van der Waals surface area contributed by atoms with Gasteiger partial charge in [0.2, 0.25) is 0 Å². The summed E-state index contributed by atoms with van der Waals surface area (Å²) in [6.07, 6.45) is 2.70. The number of carbonyl (C=O) groups is 2. The van der Waals surface area contributed by atoms with Gasteiger partial charge >= 0.3 is 0 Å². The van der Waals surface area contributed by atoms with Crippen LogP contribution in [0.3, 0.4) is 0 Å². The molecule has 0 spiro atoms. The van der Waals surface area contributed by atoms with Gasteiger partial charge in [-0.15, -0.1) is 0 Å². The second-order valence-corrected chi connectivity index (χ2v) is 5.55. The van der Waals surface area contributed by atoms with E-state index in [1.165, 1.54) is 0 Å². The lowest BCUT2D eigenvalue weighted by Crippen LogP contribution is -2.40. The number of fused-ring (bicyclic) bond motifs is 1. The summed E-state index contributed by atoms with van der Waals surface area (Å²) in [4.78, 5) is 26.5. The molecule has 3 rings (SSSR count). The van der Waals surface area contributed by atoms with Crippen LogP contribution in [0.1, 0.15) is 43.0 Å². The van der Waals surface area contributed by atoms with Crippen LogP contribution in [0.25, 0.3) is 0 Å². The van der Waals surface area contributed by atoms with Crippen molar-refractivity contribution in [3.05, 3.63) is 29.8 Å². The fourth-order valence-corrected chi connectivity index (χ4v) is 2.98. The van der Waals surface area contributed by atoms with Gasteiger partial charge in [-0.3, -0.25) is 9.59 Å². The van der Waals surface area contributed by atoms with Gasteiger partial charge in [-0.2, -0.15) is 0 Å². The zero-order chi connectivity index (χ0) is 14.1. The Morgan fingerprint density at radius 3 is 2.85 bits per heavy atom. The lowest BCUT2D eigenvalue weighted by atomic mass is 10.1. The van der Waals surface area contributed by atoms with Gasteiger partial charge in [0.15, 0.2) is 5.78 Å². The maximum atomic E-state index is 12.7. The summed E-state index contributed by atoms with van der Waals surface area (Å²) in [7, 11) is 0. The lowest BCUT2D eigenvalue weighted by Gasteiger charge is -2.25. The molecule has 4 nitrogen and oxygen atoms in total. The highest BCUT2D eigenvalue weighted by Gasteiger charge is 2.34. The minimum absolute atomic E-state index is 0.00324. The van der Waals surface area contributed by atoms with Crippen molar-refractivity contribution in [1.82, 2.24) is 0 Å². The summed E-state index contributed by atoms with van der Waals surface area (Å²) in [5, 5.41) is 0. The summed E-state index contributed by atoms with van der Waals surface area (Å²) < 4.78 is 5.68. The fraction of sp³-hybridized carbons (Fsp3) is 0.500. The average Bonchev–Trinajstić information content (AvgIpc) is 2.82. The van der Waals surface area contributed by atoms with Crippen LogP contribution in [0.4, 0.5) is 5.69 Å². The van der Waals surface area contributed by atoms with Gasteiger partial charge in [-0.05, 0) is 38.3 Å². The molecule has 4 heteroatoms. The maximum Gasteiger partial charge on any atom is 0.256 e. The summed E-state index contributed by atoms with van der Waals surface area (Å²) in [6, 6.07) is 7.38. The molecule has 2 unspecified atom stereocenters. The maximum absolute atomic E-state index is 12.7. The predicted octanol–water partition coefficient (Wildman–Crippen LogP) is 2.56. The average molecular weight is 273 g/mol. The van der Waals surface area contributed by atoms with Crippen LogP contribution in [-0.4, -0.2) is 30.4 Å². The second kappa shape index (κ2) is 5.37. The number of carbonyl (C=O) groups excluding carboxylic acids is 2. The van der Waals surface area contributed by atoms with Crippen LogP contribution in [0, 0.1) is 0 Å². The molecule has 0 saturated carbocycles. The van der Waals surface area contributed by atoms with E-state index in [4.69, 9.17) is 4.74 Å². The second-order valence-electron chi connectivity index (χ2n) is 5.55. The van der Waals surface area contributed by atoms with E-state index in [0.29, 0.717) is 24.9 Å². The topological polar surface area (TPSA) is 46.6 Å². The van der Waals surface area contributed by atoms with Gasteiger partial charge < -0.3 is 9.64 Å². The highest BCUT2D eigenvalue weighted by Crippen LogP contribution is 2.29. The minimum atomic E-state index is -0.355. The Morgan fingerprint density at radius 2 is 2.10 bits per heavy atom. The Balaban J connectivity index is 1.91. The molecule has 1 amide bonds. The Labute approximate surface area is 118 Å². The van der Waals surface area contributed by atoms with E-state index >= 15 is 0 Å². The van der Waals surface area contributed by atoms with E-state index in [0.717, 1.165) is 18.5 Å². The van der Waals surface area contributed by atoms with Gasteiger partial charge in [0.05, 0.1) is 11.8 Å². The van der Waals surface area contributed by atoms with Crippen LogP contribution >= 0.6 is 0 Å². The van der Waals surface area contributed by atoms with Crippen LogP contribution < -0.4 is 4.90 Å². The number of ether oxygens (including phenoxy) is 1. The molecule has 106 valence electrons. The third-order valence-electron chi connectivity index (χ3n) is 4.05. The zero-order valence-electron chi connectivity index (χ0n) is 11.7. The van der Waals surface area contributed by atoms with Gasteiger partial charge in [-0.25, -0.2) is 0 Å². The van der Waals surface area contributed by atoms with Crippen molar-refractivity contribution >= 4 is 17.4 Å². The smallest absolute Gasteiger partial charge is 0.256 e. The molecule has 2 heterocycles. The van der Waals surface area contributed by atoms with E-state index in [-0.39, 0.29) is 23.9 Å². The Hall–Kier alpha value is -1.68. The quantitative estimate of drug-likeness (QED) is 0.790. The van der Waals surface area contributed by atoms with Gasteiger partial charge in [-0.1, -0.05) is 12.1 Å². The highest BCUT2D eigenvalue weighted by molar-refractivity contribution is 6.07. The number of amides is 1. The van der Waals surface area contributed by atoms with Crippen molar-refractivity contribution in [2.45, 2.75) is 44.8 Å². The first-order valence-corrected chi connectivity index (χ1v) is 7.26. The van der Waals surface area contributed by atoms with E-state index in [2.05, 4.69) is 0 Å². The number of rotatable bonds is 1. The molecule has 0 aromatic heterocycles. The predicted molar refractivity (Wildman–Crippen MR) is 75.9 cm³/mol. The van der Waals surface area contributed by atoms with Gasteiger partial charge in [0.25, 0.3) is 5.91 Å². The van der Waals surface area contributed by atoms with Crippen molar-refractivity contribution in [2.24, 2.45) is 0 Å². The number of Topliss-reactive ketones (excluding diaryl/α,β-unsaturated/α-hetero) is 1. The largest absolute Gasteiger partial charge is 0.365 e. The number of benzene rings is 1. The van der Waals surface area contributed by atoms with Crippen LogP contribution in [-0.2, 0) is 9.53 Å². The fourth-order valence-electron chi connectivity index (χ4n) is 2.98. The standard InChI is InChI=1S/C16H19NO3/c1-11-8-9-15(20-11)16(19)17-10-4-7-14(18)12-5-2-3-6-13(12)17/h2-3,5-6,11,15H,4,7-10H2,1H3. The summed E-state index contributed by atoms with van der Waals surface area (Å²) in [5.41, 5.74) is 1.40. The van der Waals surface area contributed by atoms with E-state index in [1.54, 1.807) is 11.0 Å². The van der Waals surface area contributed by atoms with Gasteiger partial charge in [0, 0.05) is 18.5 Å². The first kappa shape index (κ1) is 13.3. The number of anilines is 1. The van der Waals surface area contributed by atoms with E-state index in [1.807, 2.05) is 25.1 Å². The molecule has 2 atom stereocenters. The SMILES string of the molecule is CC1CCC(C(=O)N2CCCC(=O)c3ccccc32)O1. The van der Waals surface area contributed by atoms with Crippen molar-refractivity contribution in [2.75, 3.05) is 11.4 Å². The number of para-hydroxylation sites is 1. The minimum Gasteiger partial charge on any atom is -0.365 e. The van der Waals surface area contributed by atoms with Crippen molar-refractivity contribution in [3.63, 3.8) is 0 Å². The molecule has 1 aromatic carbocycles. The number of hydrogen-bond acceptors (Lipinski definition) is 3. The molecular formula is C16H19NO3. The van der Waals surface area contributed by atoms with Crippen LogP contribution in [0.2, 0.25) is 0 Å². The van der Waals surface area contributed by atoms with Crippen LogP contribution in [0.5, 0.6) is 0 Å². The molecule has 0 aliphatic carbocycles. The molecule has 1 aromatic rings. The number of ketones is 1. The number of nitrogens with zero attached hydrogens (tertiary/aromatic N) is 1. The lowest BCUT2D eigenvalue weighted by molar-refractivity contribution is -0.129.